The van der Waals surface area contributed by atoms with Gasteiger partial charge >= 0.3 is 17.6 Å². The topological polar surface area (TPSA) is 121 Å². The van der Waals surface area contributed by atoms with Gasteiger partial charge in [-0.25, -0.2) is 14.4 Å². The summed E-state index contributed by atoms with van der Waals surface area (Å²) in [5, 5.41) is 3.30. The summed E-state index contributed by atoms with van der Waals surface area (Å²) in [5.41, 5.74) is 1.42. The van der Waals surface area contributed by atoms with Gasteiger partial charge in [0, 0.05) is 23.2 Å². The minimum atomic E-state index is -0.747. The summed E-state index contributed by atoms with van der Waals surface area (Å²) in [7, 11) is 0. The number of anilines is 1. The molecule has 1 amide bonds. The predicted molar refractivity (Wildman–Crippen MR) is 115 cm³/mol. The second-order valence-corrected chi connectivity index (χ2v) is 6.70. The fraction of sp³-hybridized carbons (Fsp3) is 0.217. The number of fused-ring (bicyclic) bond motifs is 1. The number of hydrogen-bond donors (Lipinski definition) is 1. The molecule has 0 atom stereocenters. The first-order chi connectivity index (χ1) is 15.4. The lowest BCUT2D eigenvalue weighted by Gasteiger charge is -2.09. The van der Waals surface area contributed by atoms with Crippen molar-refractivity contribution in [3.8, 4) is 5.75 Å². The lowest BCUT2D eigenvalue weighted by molar-refractivity contribution is -0.149. The summed E-state index contributed by atoms with van der Waals surface area (Å²) >= 11 is 0. The van der Waals surface area contributed by atoms with Crippen LogP contribution in [0.5, 0.6) is 5.75 Å². The standard InChI is InChI=1S/C23H21NO8/c1-3-29-23(28)15-4-6-16(7-5-15)24-20(25)12-31-22(27)13-30-17-8-9-18-14(2)10-21(26)32-19(18)11-17/h4-11H,3,12-13H2,1-2H3,(H,24,25). The van der Waals surface area contributed by atoms with E-state index in [1.54, 1.807) is 26.0 Å². The number of esters is 2. The van der Waals surface area contributed by atoms with Gasteiger partial charge in [0.25, 0.3) is 5.91 Å². The van der Waals surface area contributed by atoms with Gasteiger partial charge in [-0.1, -0.05) is 0 Å². The van der Waals surface area contributed by atoms with Crippen LogP contribution in [0.1, 0.15) is 22.8 Å². The third kappa shape index (κ3) is 5.94. The van der Waals surface area contributed by atoms with E-state index < -0.39 is 36.7 Å². The molecular formula is C23H21NO8. The maximum absolute atomic E-state index is 12.0. The SMILES string of the molecule is CCOC(=O)c1ccc(NC(=O)COC(=O)COc2ccc3c(C)cc(=O)oc3c2)cc1. The molecule has 0 fully saturated rings. The molecule has 0 unspecified atom stereocenters. The van der Waals surface area contributed by atoms with Crippen molar-refractivity contribution >= 4 is 34.5 Å². The Balaban J connectivity index is 1.46. The maximum atomic E-state index is 12.0. The highest BCUT2D eigenvalue weighted by molar-refractivity contribution is 5.94. The Morgan fingerprint density at radius 3 is 2.44 bits per heavy atom. The summed E-state index contributed by atoms with van der Waals surface area (Å²) in [6.45, 7) is 2.83. The van der Waals surface area contributed by atoms with Crippen molar-refractivity contribution in [3.63, 3.8) is 0 Å². The molecule has 1 heterocycles. The van der Waals surface area contributed by atoms with Crippen LogP contribution in [0.2, 0.25) is 0 Å². The van der Waals surface area contributed by atoms with Crippen LogP contribution < -0.4 is 15.7 Å². The van der Waals surface area contributed by atoms with E-state index >= 15 is 0 Å². The zero-order valence-electron chi connectivity index (χ0n) is 17.5. The van der Waals surface area contributed by atoms with Gasteiger partial charge in [-0.3, -0.25) is 4.79 Å². The number of amides is 1. The molecule has 0 aliphatic heterocycles. The molecule has 3 aromatic rings. The van der Waals surface area contributed by atoms with Gasteiger partial charge in [0.15, 0.2) is 13.2 Å². The van der Waals surface area contributed by atoms with E-state index in [1.807, 2.05) is 0 Å². The molecule has 9 heteroatoms. The zero-order chi connectivity index (χ0) is 23.1. The van der Waals surface area contributed by atoms with E-state index in [9.17, 15) is 19.2 Å². The van der Waals surface area contributed by atoms with Gasteiger partial charge in [0.05, 0.1) is 12.2 Å². The maximum Gasteiger partial charge on any atom is 0.344 e. The van der Waals surface area contributed by atoms with E-state index in [1.165, 1.54) is 36.4 Å². The highest BCUT2D eigenvalue weighted by atomic mass is 16.6. The molecule has 2 aromatic carbocycles. The highest BCUT2D eigenvalue weighted by Crippen LogP contribution is 2.22. The predicted octanol–water partition coefficient (Wildman–Crippen LogP) is 2.84. The first kappa shape index (κ1) is 22.5. The van der Waals surface area contributed by atoms with E-state index in [4.69, 9.17) is 18.6 Å². The van der Waals surface area contributed by atoms with Gasteiger partial charge in [-0.05, 0) is 55.8 Å². The quantitative estimate of drug-likeness (QED) is 0.420. The van der Waals surface area contributed by atoms with Crippen LogP contribution in [0.25, 0.3) is 11.0 Å². The van der Waals surface area contributed by atoms with E-state index in [0.717, 1.165) is 10.9 Å². The van der Waals surface area contributed by atoms with Crippen molar-refractivity contribution < 1.29 is 33.0 Å². The van der Waals surface area contributed by atoms with Gasteiger partial charge in [-0.15, -0.1) is 0 Å². The fourth-order valence-electron chi connectivity index (χ4n) is 2.83. The number of nitrogens with one attached hydrogen (secondary N) is 1. The first-order valence-electron chi connectivity index (χ1n) is 9.75. The molecule has 1 aromatic heterocycles. The molecule has 1 N–H and O–H groups in total. The molecule has 0 bridgehead atoms. The van der Waals surface area contributed by atoms with Crippen LogP contribution in [0.3, 0.4) is 0 Å². The second-order valence-electron chi connectivity index (χ2n) is 6.70. The lowest BCUT2D eigenvalue weighted by atomic mass is 10.1. The minimum Gasteiger partial charge on any atom is -0.482 e. The van der Waals surface area contributed by atoms with E-state index in [0.29, 0.717) is 22.6 Å². The summed E-state index contributed by atoms with van der Waals surface area (Å²) in [6, 6.07) is 12.3. The third-order valence-corrected chi connectivity index (χ3v) is 4.32. The molecule has 0 saturated heterocycles. The van der Waals surface area contributed by atoms with Gasteiger partial charge in [-0.2, -0.15) is 0 Å². The van der Waals surface area contributed by atoms with Crippen LogP contribution in [0.4, 0.5) is 5.69 Å². The van der Waals surface area contributed by atoms with Crippen molar-refractivity contribution in [2.45, 2.75) is 13.8 Å². The van der Waals surface area contributed by atoms with Crippen molar-refractivity contribution in [2.75, 3.05) is 25.1 Å². The number of rotatable bonds is 8. The van der Waals surface area contributed by atoms with Gasteiger partial charge in [0.2, 0.25) is 0 Å². The van der Waals surface area contributed by atoms with Crippen molar-refractivity contribution in [1.29, 1.82) is 0 Å². The molecule has 0 spiro atoms. The Morgan fingerprint density at radius 1 is 0.969 bits per heavy atom. The number of benzene rings is 2. The molecule has 3 rings (SSSR count). The second kappa shape index (κ2) is 10.3. The summed E-state index contributed by atoms with van der Waals surface area (Å²) < 4.78 is 20.3. The lowest BCUT2D eigenvalue weighted by Crippen LogP contribution is -2.23. The summed E-state index contributed by atoms with van der Waals surface area (Å²) in [4.78, 5) is 46.9. The first-order valence-corrected chi connectivity index (χ1v) is 9.75. The highest BCUT2D eigenvalue weighted by Gasteiger charge is 2.11. The molecule has 0 radical (unpaired) electrons. The zero-order valence-corrected chi connectivity index (χ0v) is 17.5. The Morgan fingerprint density at radius 2 is 1.72 bits per heavy atom. The number of carbonyl (C=O) groups is 3. The molecule has 9 nitrogen and oxygen atoms in total. The number of ether oxygens (including phenoxy) is 3. The van der Waals surface area contributed by atoms with Crippen LogP contribution in [-0.4, -0.2) is 37.7 Å². The number of carbonyl (C=O) groups excluding carboxylic acids is 3. The average Bonchev–Trinajstić information content (AvgIpc) is 2.76. The van der Waals surface area contributed by atoms with Crippen molar-refractivity contribution in [1.82, 2.24) is 0 Å². The molecule has 0 aliphatic rings. The Kier molecular flexibility index (Phi) is 7.22. The van der Waals surface area contributed by atoms with Crippen LogP contribution in [0.15, 0.2) is 57.7 Å². The van der Waals surface area contributed by atoms with E-state index in [2.05, 4.69) is 5.32 Å². The van der Waals surface area contributed by atoms with Crippen LogP contribution in [0, 0.1) is 6.92 Å². The largest absolute Gasteiger partial charge is 0.482 e. The number of aryl methyl sites for hydroxylation is 1. The van der Waals surface area contributed by atoms with Crippen LogP contribution in [-0.2, 0) is 19.1 Å². The Bertz CT molecular complexity index is 1200. The van der Waals surface area contributed by atoms with Gasteiger partial charge in [0.1, 0.15) is 11.3 Å². The summed E-state index contributed by atoms with van der Waals surface area (Å²) in [6.07, 6.45) is 0. The normalized spacial score (nSPS) is 10.4. The minimum absolute atomic E-state index is 0.267. The Labute approximate surface area is 182 Å². The molecule has 32 heavy (non-hydrogen) atoms. The molecule has 166 valence electrons. The van der Waals surface area contributed by atoms with Gasteiger partial charge < -0.3 is 23.9 Å². The Hall–Kier alpha value is -4.14. The smallest absolute Gasteiger partial charge is 0.344 e. The third-order valence-electron chi connectivity index (χ3n) is 4.32. The van der Waals surface area contributed by atoms with E-state index in [-0.39, 0.29) is 6.61 Å². The molecular weight excluding hydrogens is 418 g/mol. The van der Waals surface area contributed by atoms with Crippen molar-refractivity contribution in [2.24, 2.45) is 0 Å². The molecule has 0 aliphatic carbocycles. The number of hydrogen-bond acceptors (Lipinski definition) is 8. The fourth-order valence-corrected chi connectivity index (χ4v) is 2.83. The monoisotopic (exact) mass is 439 g/mol. The van der Waals surface area contributed by atoms with Crippen molar-refractivity contribution in [3.05, 3.63) is 70.1 Å². The van der Waals surface area contributed by atoms with Crippen LogP contribution >= 0.6 is 0 Å². The molecule has 0 saturated carbocycles. The summed E-state index contributed by atoms with van der Waals surface area (Å²) in [5.74, 6) is -1.44. The average molecular weight is 439 g/mol.